The minimum absolute atomic E-state index is 0.172. The van der Waals surface area contributed by atoms with Crippen LogP contribution in [0.1, 0.15) is 0 Å². The zero-order chi connectivity index (χ0) is 15.4. The van der Waals surface area contributed by atoms with Crippen LogP contribution in [-0.4, -0.2) is 11.7 Å². The monoisotopic (exact) mass is 432 g/mol. The van der Waals surface area contributed by atoms with Gasteiger partial charge in [0.1, 0.15) is 5.82 Å². The van der Waals surface area contributed by atoms with Gasteiger partial charge in [-0.05, 0) is 52.3 Å². The third-order valence-corrected chi connectivity index (χ3v) is 4.59. The molecule has 21 heavy (non-hydrogen) atoms. The number of halogens is 3. The summed E-state index contributed by atoms with van der Waals surface area (Å²) in [5.41, 5.74) is 6.58. The number of benzene rings is 2. The quantitative estimate of drug-likeness (QED) is 0.544. The fraction of sp³-hybridized carbons (Fsp3) is 0.0714. The number of amides is 1. The van der Waals surface area contributed by atoms with E-state index in [1.54, 1.807) is 12.1 Å². The number of nitrogens with one attached hydrogen (secondary N) is 1. The molecule has 0 aromatic heterocycles. The molecule has 110 valence electrons. The van der Waals surface area contributed by atoms with Crippen LogP contribution in [-0.2, 0) is 4.79 Å². The normalized spacial score (nSPS) is 10.4. The first-order valence-electron chi connectivity index (χ1n) is 5.88. The van der Waals surface area contributed by atoms with Crippen molar-refractivity contribution in [2.24, 2.45) is 0 Å². The summed E-state index contributed by atoms with van der Waals surface area (Å²) in [6.45, 7) is 0. The van der Waals surface area contributed by atoms with Crippen molar-refractivity contribution >= 4 is 60.9 Å². The van der Waals surface area contributed by atoms with E-state index in [0.717, 1.165) is 8.95 Å². The molecule has 2 rings (SSSR count). The average molecular weight is 434 g/mol. The first-order valence-corrected chi connectivity index (χ1v) is 8.45. The van der Waals surface area contributed by atoms with Crippen LogP contribution in [0.4, 0.5) is 15.8 Å². The molecule has 0 aliphatic rings. The number of nitrogen functional groups attached to an aromatic ring is 1. The SMILES string of the molecule is Nc1cc(F)cc(SCC(=O)Nc2ccc(Br)cc2Br)c1. The highest BCUT2D eigenvalue weighted by Crippen LogP contribution is 2.27. The number of hydrogen-bond acceptors (Lipinski definition) is 3. The van der Waals surface area contributed by atoms with E-state index in [0.29, 0.717) is 16.3 Å². The molecule has 0 atom stereocenters. The van der Waals surface area contributed by atoms with E-state index in [1.165, 1.54) is 23.9 Å². The fourth-order valence-electron chi connectivity index (χ4n) is 1.59. The number of carbonyl (C=O) groups is 1. The van der Waals surface area contributed by atoms with Gasteiger partial charge in [-0.1, -0.05) is 15.9 Å². The Hall–Kier alpha value is -1.05. The van der Waals surface area contributed by atoms with Crippen molar-refractivity contribution in [3.8, 4) is 0 Å². The van der Waals surface area contributed by atoms with Gasteiger partial charge < -0.3 is 11.1 Å². The largest absolute Gasteiger partial charge is 0.399 e. The summed E-state index contributed by atoms with van der Waals surface area (Å²) in [6, 6.07) is 9.69. The van der Waals surface area contributed by atoms with Gasteiger partial charge >= 0.3 is 0 Å². The number of anilines is 2. The summed E-state index contributed by atoms with van der Waals surface area (Å²) < 4.78 is 14.9. The second-order valence-electron chi connectivity index (χ2n) is 4.18. The highest BCUT2D eigenvalue weighted by Gasteiger charge is 2.08. The molecule has 0 fully saturated rings. The van der Waals surface area contributed by atoms with Gasteiger partial charge in [-0.2, -0.15) is 0 Å². The molecule has 0 heterocycles. The fourth-order valence-corrected chi connectivity index (χ4v) is 3.53. The standard InChI is InChI=1S/C14H11Br2FN2OS/c15-8-1-2-13(12(16)3-8)19-14(20)7-21-11-5-9(17)4-10(18)6-11/h1-6H,7,18H2,(H,19,20). The molecule has 2 aromatic carbocycles. The van der Waals surface area contributed by atoms with Gasteiger partial charge in [0.25, 0.3) is 0 Å². The Kier molecular flexibility index (Phi) is 5.66. The van der Waals surface area contributed by atoms with Crippen LogP contribution in [0.2, 0.25) is 0 Å². The van der Waals surface area contributed by atoms with Crippen molar-refractivity contribution in [2.45, 2.75) is 4.90 Å². The minimum Gasteiger partial charge on any atom is -0.399 e. The number of hydrogen-bond donors (Lipinski definition) is 2. The van der Waals surface area contributed by atoms with Crippen LogP contribution in [0.25, 0.3) is 0 Å². The lowest BCUT2D eigenvalue weighted by molar-refractivity contribution is -0.113. The van der Waals surface area contributed by atoms with E-state index < -0.39 is 5.82 Å². The molecule has 0 bridgehead atoms. The van der Waals surface area contributed by atoms with Gasteiger partial charge in [0, 0.05) is 19.5 Å². The maximum Gasteiger partial charge on any atom is 0.234 e. The lowest BCUT2D eigenvalue weighted by atomic mass is 10.3. The number of rotatable bonds is 4. The summed E-state index contributed by atoms with van der Waals surface area (Å²) >= 11 is 7.94. The Morgan fingerprint density at radius 3 is 2.67 bits per heavy atom. The third kappa shape index (κ3) is 5.01. The van der Waals surface area contributed by atoms with Gasteiger partial charge in [0.05, 0.1) is 11.4 Å². The molecule has 0 radical (unpaired) electrons. The molecule has 3 nitrogen and oxygen atoms in total. The molecule has 0 aliphatic heterocycles. The lowest BCUT2D eigenvalue weighted by Crippen LogP contribution is -2.14. The topological polar surface area (TPSA) is 55.1 Å². The van der Waals surface area contributed by atoms with Crippen molar-refractivity contribution in [1.82, 2.24) is 0 Å². The summed E-state index contributed by atoms with van der Waals surface area (Å²) in [5.74, 6) is -0.412. The summed E-state index contributed by atoms with van der Waals surface area (Å²) in [6.07, 6.45) is 0. The van der Waals surface area contributed by atoms with E-state index >= 15 is 0 Å². The van der Waals surface area contributed by atoms with Crippen molar-refractivity contribution in [3.05, 3.63) is 51.2 Å². The number of carbonyl (C=O) groups excluding carboxylic acids is 1. The van der Waals surface area contributed by atoms with Crippen LogP contribution in [0, 0.1) is 5.82 Å². The van der Waals surface area contributed by atoms with Gasteiger partial charge in [-0.3, -0.25) is 4.79 Å². The van der Waals surface area contributed by atoms with Crippen molar-refractivity contribution < 1.29 is 9.18 Å². The Morgan fingerprint density at radius 2 is 2.00 bits per heavy atom. The first-order chi connectivity index (χ1) is 9.94. The van der Waals surface area contributed by atoms with Crippen LogP contribution >= 0.6 is 43.6 Å². The van der Waals surface area contributed by atoms with E-state index in [1.807, 2.05) is 12.1 Å². The van der Waals surface area contributed by atoms with Crippen LogP contribution in [0.3, 0.4) is 0 Å². The minimum atomic E-state index is -0.409. The highest BCUT2D eigenvalue weighted by atomic mass is 79.9. The van der Waals surface area contributed by atoms with Crippen molar-refractivity contribution in [3.63, 3.8) is 0 Å². The number of nitrogens with two attached hydrogens (primary N) is 1. The third-order valence-electron chi connectivity index (χ3n) is 2.47. The predicted octanol–water partition coefficient (Wildman–Crippen LogP) is 4.66. The maximum absolute atomic E-state index is 13.2. The summed E-state index contributed by atoms with van der Waals surface area (Å²) in [5, 5.41) is 2.78. The summed E-state index contributed by atoms with van der Waals surface area (Å²) in [7, 11) is 0. The van der Waals surface area contributed by atoms with Gasteiger partial charge in [-0.25, -0.2) is 4.39 Å². The molecule has 7 heteroatoms. The zero-order valence-corrected chi connectivity index (χ0v) is 14.7. The predicted molar refractivity (Wildman–Crippen MR) is 92.0 cm³/mol. The Morgan fingerprint density at radius 1 is 1.24 bits per heavy atom. The Balaban J connectivity index is 1.95. The van der Waals surface area contributed by atoms with Crippen molar-refractivity contribution in [2.75, 3.05) is 16.8 Å². The molecule has 1 amide bonds. The van der Waals surface area contributed by atoms with Crippen molar-refractivity contribution in [1.29, 1.82) is 0 Å². The molecule has 0 aliphatic carbocycles. The smallest absolute Gasteiger partial charge is 0.234 e. The van der Waals surface area contributed by atoms with E-state index in [4.69, 9.17) is 5.73 Å². The van der Waals surface area contributed by atoms with Crippen LogP contribution in [0.5, 0.6) is 0 Å². The van der Waals surface area contributed by atoms with Crippen LogP contribution in [0.15, 0.2) is 50.2 Å². The van der Waals surface area contributed by atoms with E-state index in [2.05, 4.69) is 37.2 Å². The molecular formula is C14H11Br2FN2OS. The average Bonchev–Trinajstić information content (AvgIpc) is 2.39. The van der Waals surface area contributed by atoms with Crippen LogP contribution < -0.4 is 11.1 Å². The molecule has 3 N–H and O–H groups in total. The first kappa shape index (κ1) is 16.3. The Bertz CT molecular complexity index is 662. The second-order valence-corrected chi connectivity index (χ2v) is 7.00. The summed E-state index contributed by atoms with van der Waals surface area (Å²) in [4.78, 5) is 12.5. The van der Waals surface area contributed by atoms with Gasteiger partial charge in [0.15, 0.2) is 0 Å². The zero-order valence-electron chi connectivity index (χ0n) is 10.7. The maximum atomic E-state index is 13.2. The Labute approximate surface area is 142 Å². The van der Waals surface area contributed by atoms with E-state index in [-0.39, 0.29) is 11.7 Å². The molecule has 0 saturated heterocycles. The van der Waals surface area contributed by atoms with Gasteiger partial charge in [-0.15, -0.1) is 11.8 Å². The molecular weight excluding hydrogens is 423 g/mol. The van der Waals surface area contributed by atoms with Gasteiger partial charge in [0.2, 0.25) is 5.91 Å². The molecule has 2 aromatic rings. The highest BCUT2D eigenvalue weighted by molar-refractivity contribution is 9.11. The number of thioether (sulfide) groups is 1. The lowest BCUT2D eigenvalue weighted by Gasteiger charge is -2.08. The second kappa shape index (κ2) is 7.29. The molecule has 0 saturated carbocycles. The molecule has 0 spiro atoms. The van der Waals surface area contributed by atoms with E-state index in [9.17, 15) is 9.18 Å². The molecule has 0 unspecified atom stereocenters.